The van der Waals surface area contributed by atoms with Gasteiger partial charge in [-0.1, -0.05) is 39.0 Å². The van der Waals surface area contributed by atoms with E-state index in [1.807, 2.05) is 38.1 Å². The summed E-state index contributed by atoms with van der Waals surface area (Å²) < 4.78 is 31.2. The van der Waals surface area contributed by atoms with Crippen molar-refractivity contribution in [3.63, 3.8) is 0 Å². The SMILES string of the molecule is CCCOS(=O)(=O)N1c2ccccc2C(C)(C)C1C. The maximum Gasteiger partial charge on any atom is 0.362 e. The Hall–Kier alpha value is -1.07. The van der Waals surface area contributed by atoms with Gasteiger partial charge in [-0.2, -0.15) is 8.42 Å². The van der Waals surface area contributed by atoms with Crippen LogP contribution in [0.1, 0.15) is 39.7 Å². The zero-order valence-corrected chi connectivity index (χ0v) is 12.7. The first-order valence-electron chi connectivity index (χ1n) is 6.60. The predicted molar refractivity (Wildman–Crippen MR) is 76.6 cm³/mol. The summed E-state index contributed by atoms with van der Waals surface area (Å²) in [5, 5.41) is 0. The molecule has 106 valence electrons. The minimum atomic E-state index is -3.72. The maximum absolute atomic E-state index is 12.4. The molecule has 1 aliphatic heterocycles. The van der Waals surface area contributed by atoms with Gasteiger partial charge >= 0.3 is 10.3 Å². The molecule has 19 heavy (non-hydrogen) atoms. The molecular formula is C14H21NO3S. The Labute approximate surface area is 115 Å². The van der Waals surface area contributed by atoms with E-state index in [-0.39, 0.29) is 18.1 Å². The molecule has 1 heterocycles. The van der Waals surface area contributed by atoms with E-state index in [1.54, 1.807) is 0 Å². The van der Waals surface area contributed by atoms with E-state index in [0.717, 1.165) is 11.3 Å². The fourth-order valence-corrected chi connectivity index (χ4v) is 4.04. The summed E-state index contributed by atoms with van der Waals surface area (Å²) in [6, 6.07) is 7.46. The van der Waals surface area contributed by atoms with E-state index in [1.165, 1.54) is 4.31 Å². The highest BCUT2D eigenvalue weighted by Crippen LogP contribution is 2.46. The van der Waals surface area contributed by atoms with Crippen molar-refractivity contribution in [3.8, 4) is 0 Å². The highest BCUT2D eigenvalue weighted by molar-refractivity contribution is 7.88. The van der Waals surface area contributed by atoms with Crippen LogP contribution in [-0.2, 0) is 19.9 Å². The van der Waals surface area contributed by atoms with Crippen LogP contribution in [0.2, 0.25) is 0 Å². The number of para-hydroxylation sites is 1. The number of nitrogens with zero attached hydrogens (tertiary/aromatic N) is 1. The first kappa shape index (κ1) is 14.3. The van der Waals surface area contributed by atoms with E-state index in [9.17, 15) is 8.42 Å². The predicted octanol–water partition coefficient (Wildman–Crippen LogP) is 2.84. The summed E-state index contributed by atoms with van der Waals surface area (Å²) in [7, 11) is -3.72. The van der Waals surface area contributed by atoms with Crippen LogP contribution >= 0.6 is 0 Å². The van der Waals surface area contributed by atoms with Crippen LogP contribution in [0.25, 0.3) is 0 Å². The van der Waals surface area contributed by atoms with E-state index >= 15 is 0 Å². The van der Waals surface area contributed by atoms with Crippen LogP contribution in [-0.4, -0.2) is 21.1 Å². The van der Waals surface area contributed by atoms with Crippen molar-refractivity contribution in [1.29, 1.82) is 0 Å². The van der Waals surface area contributed by atoms with Crippen molar-refractivity contribution in [3.05, 3.63) is 29.8 Å². The number of hydrogen-bond acceptors (Lipinski definition) is 3. The highest BCUT2D eigenvalue weighted by atomic mass is 32.2. The smallest absolute Gasteiger partial charge is 0.254 e. The Bertz CT molecular complexity index is 566. The molecule has 0 radical (unpaired) electrons. The monoisotopic (exact) mass is 283 g/mol. The molecule has 0 saturated carbocycles. The van der Waals surface area contributed by atoms with Gasteiger partial charge in [-0.05, 0) is 25.0 Å². The van der Waals surface area contributed by atoms with Crippen LogP contribution in [0.4, 0.5) is 5.69 Å². The molecule has 0 spiro atoms. The molecule has 0 bridgehead atoms. The summed E-state index contributed by atoms with van der Waals surface area (Å²) in [5.74, 6) is 0. The largest absolute Gasteiger partial charge is 0.362 e. The zero-order valence-electron chi connectivity index (χ0n) is 11.9. The molecular weight excluding hydrogens is 262 g/mol. The zero-order chi connectivity index (χ0) is 14.3. The van der Waals surface area contributed by atoms with Crippen molar-refractivity contribution >= 4 is 16.0 Å². The van der Waals surface area contributed by atoms with Gasteiger partial charge in [0.2, 0.25) is 0 Å². The van der Waals surface area contributed by atoms with E-state index in [4.69, 9.17) is 4.18 Å². The number of anilines is 1. The normalized spacial score (nSPS) is 21.5. The molecule has 0 N–H and O–H groups in total. The minimum Gasteiger partial charge on any atom is -0.254 e. The third-order valence-electron chi connectivity index (χ3n) is 3.91. The molecule has 0 saturated heterocycles. The number of benzene rings is 1. The van der Waals surface area contributed by atoms with Gasteiger partial charge in [0.25, 0.3) is 0 Å². The lowest BCUT2D eigenvalue weighted by Gasteiger charge is -2.30. The Morgan fingerprint density at radius 3 is 2.58 bits per heavy atom. The molecule has 1 atom stereocenters. The quantitative estimate of drug-likeness (QED) is 0.853. The molecule has 0 fully saturated rings. The second-order valence-electron chi connectivity index (χ2n) is 5.49. The van der Waals surface area contributed by atoms with Gasteiger partial charge in [0.1, 0.15) is 0 Å². The Kier molecular flexibility index (Phi) is 3.62. The Balaban J connectivity index is 2.48. The average Bonchev–Trinajstić information content (AvgIpc) is 2.56. The maximum atomic E-state index is 12.4. The molecule has 1 aliphatic rings. The summed E-state index contributed by atoms with van der Waals surface area (Å²) in [6.45, 7) is 8.15. The van der Waals surface area contributed by atoms with Crippen molar-refractivity contribution in [2.24, 2.45) is 0 Å². The van der Waals surface area contributed by atoms with Gasteiger partial charge in [0, 0.05) is 5.41 Å². The van der Waals surface area contributed by atoms with Crippen molar-refractivity contribution in [2.75, 3.05) is 10.9 Å². The van der Waals surface area contributed by atoms with E-state index in [2.05, 4.69) is 13.8 Å². The fraction of sp³-hybridized carbons (Fsp3) is 0.571. The lowest BCUT2D eigenvalue weighted by atomic mass is 9.81. The standard InChI is InChI=1S/C14H21NO3S/c1-5-10-18-19(16,17)15-11(2)14(3,4)12-8-6-7-9-13(12)15/h6-9,11H,5,10H2,1-4H3. The molecule has 4 nitrogen and oxygen atoms in total. The topological polar surface area (TPSA) is 46.6 Å². The van der Waals surface area contributed by atoms with Gasteiger partial charge in [-0.3, -0.25) is 4.18 Å². The number of rotatable bonds is 4. The molecule has 1 aromatic carbocycles. The van der Waals surface area contributed by atoms with Crippen molar-refractivity contribution < 1.29 is 12.6 Å². The van der Waals surface area contributed by atoms with Gasteiger partial charge in [0.15, 0.2) is 0 Å². The van der Waals surface area contributed by atoms with Crippen LogP contribution < -0.4 is 4.31 Å². The fourth-order valence-electron chi connectivity index (χ4n) is 2.50. The summed E-state index contributed by atoms with van der Waals surface area (Å²) in [5.41, 5.74) is 1.56. The molecule has 5 heteroatoms. The summed E-state index contributed by atoms with van der Waals surface area (Å²) >= 11 is 0. The van der Waals surface area contributed by atoms with Crippen LogP contribution in [0.5, 0.6) is 0 Å². The van der Waals surface area contributed by atoms with Crippen molar-refractivity contribution in [2.45, 2.75) is 45.6 Å². The lowest BCUT2D eigenvalue weighted by Crippen LogP contribution is -2.43. The van der Waals surface area contributed by atoms with Gasteiger partial charge in [0.05, 0.1) is 18.3 Å². The summed E-state index contributed by atoms with van der Waals surface area (Å²) in [6.07, 6.45) is 0.673. The third kappa shape index (κ3) is 2.25. The highest BCUT2D eigenvalue weighted by Gasteiger charge is 2.47. The van der Waals surface area contributed by atoms with Crippen LogP contribution in [0, 0.1) is 0 Å². The second kappa shape index (κ2) is 4.80. The first-order valence-corrected chi connectivity index (χ1v) is 7.97. The van der Waals surface area contributed by atoms with E-state index in [0.29, 0.717) is 6.42 Å². The van der Waals surface area contributed by atoms with Gasteiger partial charge in [-0.15, -0.1) is 0 Å². The van der Waals surface area contributed by atoms with Gasteiger partial charge in [-0.25, -0.2) is 4.31 Å². The molecule has 2 rings (SSSR count). The molecule has 0 amide bonds. The lowest BCUT2D eigenvalue weighted by molar-refractivity contribution is 0.311. The third-order valence-corrected chi connectivity index (χ3v) is 5.37. The molecule has 1 aromatic rings. The van der Waals surface area contributed by atoms with E-state index < -0.39 is 10.3 Å². The van der Waals surface area contributed by atoms with Crippen LogP contribution in [0.3, 0.4) is 0 Å². The number of fused-ring (bicyclic) bond motifs is 1. The Morgan fingerprint density at radius 1 is 1.32 bits per heavy atom. The first-order chi connectivity index (χ1) is 8.82. The molecule has 1 unspecified atom stereocenters. The number of hydrogen-bond donors (Lipinski definition) is 0. The molecule has 0 aliphatic carbocycles. The molecule has 0 aromatic heterocycles. The van der Waals surface area contributed by atoms with Crippen LogP contribution in [0.15, 0.2) is 24.3 Å². The van der Waals surface area contributed by atoms with Gasteiger partial charge < -0.3 is 0 Å². The van der Waals surface area contributed by atoms with Crippen molar-refractivity contribution in [1.82, 2.24) is 0 Å². The average molecular weight is 283 g/mol. The summed E-state index contributed by atoms with van der Waals surface area (Å²) in [4.78, 5) is 0. The second-order valence-corrected chi connectivity index (χ2v) is 6.97. The Morgan fingerprint density at radius 2 is 1.95 bits per heavy atom. The minimum absolute atomic E-state index is 0.160.